The molecule has 0 unspecified atom stereocenters. The lowest BCUT2D eigenvalue weighted by molar-refractivity contribution is -0.137. The maximum atomic E-state index is 12.7. The fourth-order valence-corrected chi connectivity index (χ4v) is 2.85. The fraction of sp³-hybridized carbons (Fsp3) is 0.111. The van der Waals surface area contributed by atoms with Gasteiger partial charge in [-0.25, -0.2) is 5.01 Å². The van der Waals surface area contributed by atoms with E-state index >= 15 is 0 Å². The standard InChI is InChI=1S/C18H14BrF3N4O/c1-11-16(19)17(24-23-11)12-3-2-4-14(9-12)25-26(10-27)15-7-5-13(6-8-15)18(20,21)22/h2-10,25H,1H3,(H,23,24). The van der Waals surface area contributed by atoms with Gasteiger partial charge in [0, 0.05) is 11.3 Å². The summed E-state index contributed by atoms with van der Waals surface area (Å²) in [6.07, 6.45) is -3.94. The number of halogens is 4. The summed E-state index contributed by atoms with van der Waals surface area (Å²) in [7, 11) is 0. The minimum absolute atomic E-state index is 0.278. The molecule has 1 amide bonds. The van der Waals surface area contributed by atoms with Gasteiger partial charge in [-0.3, -0.25) is 15.3 Å². The highest BCUT2D eigenvalue weighted by atomic mass is 79.9. The Hall–Kier alpha value is -2.81. The summed E-state index contributed by atoms with van der Waals surface area (Å²) in [4.78, 5) is 11.4. The normalized spacial score (nSPS) is 11.3. The number of anilines is 2. The van der Waals surface area contributed by atoms with Crippen LogP contribution >= 0.6 is 15.9 Å². The lowest BCUT2D eigenvalue weighted by Crippen LogP contribution is -2.28. The number of rotatable bonds is 5. The van der Waals surface area contributed by atoms with Gasteiger partial charge in [0.15, 0.2) is 0 Å². The number of hydrazine groups is 1. The summed E-state index contributed by atoms with van der Waals surface area (Å²) >= 11 is 3.46. The van der Waals surface area contributed by atoms with Crippen molar-refractivity contribution in [3.05, 3.63) is 64.3 Å². The molecule has 0 radical (unpaired) electrons. The SMILES string of the molecule is Cc1[nH]nc(-c2cccc(NN(C=O)c3ccc(C(F)(F)F)cc3)c2)c1Br. The molecule has 140 valence electrons. The first-order chi connectivity index (χ1) is 12.8. The molecule has 3 aromatic rings. The van der Waals surface area contributed by atoms with Gasteiger partial charge < -0.3 is 0 Å². The molecule has 0 saturated carbocycles. The van der Waals surface area contributed by atoms with Crippen LogP contribution in [-0.4, -0.2) is 16.6 Å². The maximum Gasteiger partial charge on any atom is 0.416 e. The smallest absolute Gasteiger partial charge is 0.292 e. The lowest BCUT2D eigenvalue weighted by Gasteiger charge is -2.20. The van der Waals surface area contributed by atoms with Crippen LogP contribution in [0.4, 0.5) is 24.5 Å². The van der Waals surface area contributed by atoms with Crippen molar-refractivity contribution in [1.82, 2.24) is 10.2 Å². The average Bonchev–Trinajstić information content (AvgIpc) is 2.98. The summed E-state index contributed by atoms with van der Waals surface area (Å²) in [6.45, 7) is 1.88. The quantitative estimate of drug-likeness (QED) is 0.427. The highest BCUT2D eigenvalue weighted by molar-refractivity contribution is 9.10. The van der Waals surface area contributed by atoms with E-state index in [1.165, 1.54) is 12.1 Å². The van der Waals surface area contributed by atoms with E-state index in [9.17, 15) is 18.0 Å². The van der Waals surface area contributed by atoms with Gasteiger partial charge in [0.25, 0.3) is 0 Å². The molecule has 0 aliphatic rings. The number of hydrogen-bond acceptors (Lipinski definition) is 3. The second-order valence-electron chi connectivity index (χ2n) is 5.72. The van der Waals surface area contributed by atoms with Crippen LogP contribution in [0.1, 0.15) is 11.3 Å². The van der Waals surface area contributed by atoms with E-state index in [1.807, 2.05) is 13.0 Å². The number of benzene rings is 2. The predicted molar refractivity (Wildman–Crippen MR) is 100 cm³/mol. The zero-order valence-corrected chi connectivity index (χ0v) is 15.6. The predicted octanol–water partition coefficient (Wildman–Crippen LogP) is 5.16. The van der Waals surface area contributed by atoms with Crippen molar-refractivity contribution in [3.63, 3.8) is 0 Å². The fourth-order valence-electron chi connectivity index (χ4n) is 2.44. The Morgan fingerprint density at radius 2 is 1.89 bits per heavy atom. The molecule has 0 aliphatic carbocycles. The van der Waals surface area contributed by atoms with Crippen molar-refractivity contribution < 1.29 is 18.0 Å². The van der Waals surface area contributed by atoms with E-state index in [0.29, 0.717) is 17.8 Å². The number of amides is 1. The summed E-state index contributed by atoms with van der Waals surface area (Å²) < 4.78 is 38.9. The average molecular weight is 439 g/mol. The molecule has 2 aromatic carbocycles. The van der Waals surface area contributed by atoms with Gasteiger partial charge in [0.05, 0.1) is 21.4 Å². The Balaban J connectivity index is 1.84. The van der Waals surface area contributed by atoms with Crippen LogP contribution in [0.2, 0.25) is 0 Å². The van der Waals surface area contributed by atoms with Crippen LogP contribution in [0.5, 0.6) is 0 Å². The van der Waals surface area contributed by atoms with Crippen molar-refractivity contribution in [2.24, 2.45) is 0 Å². The largest absolute Gasteiger partial charge is 0.416 e. The summed E-state index contributed by atoms with van der Waals surface area (Å²) in [5.74, 6) is 0. The minimum atomic E-state index is -4.43. The molecule has 0 saturated heterocycles. The molecule has 0 aliphatic heterocycles. The van der Waals surface area contributed by atoms with Crippen LogP contribution < -0.4 is 10.4 Å². The van der Waals surface area contributed by atoms with Gasteiger partial charge in [-0.05, 0) is 59.3 Å². The third-order valence-corrected chi connectivity index (χ3v) is 4.81. The highest BCUT2D eigenvalue weighted by Gasteiger charge is 2.30. The van der Waals surface area contributed by atoms with Gasteiger partial charge in [0.1, 0.15) is 5.69 Å². The van der Waals surface area contributed by atoms with Crippen molar-refractivity contribution >= 4 is 33.7 Å². The van der Waals surface area contributed by atoms with Crippen LogP contribution in [0.25, 0.3) is 11.3 Å². The Kier molecular flexibility index (Phi) is 5.22. The molecule has 0 atom stereocenters. The van der Waals surface area contributed by atoms with E-state index in [1.54, 1.807) is 18.2 Å². The monoisotopic (exact) mass is 438 g/mol. The molecule has 9 heteroatoms. The number of alkyl halides is 3. The van der Waals surface area contributed by atoms with Crippen molar-refractivity contribution in [1.29, 1.82) is 0 Å². The van der Waals surface area contributed by atoms with Gasteiger partial charge in [-0.1, -0.05) is 12.1 Å². The van der Waals surface area contributed by atoms with Crippen LogP contribution in [0.3, 0.4) is 0 Å². The summed E-state index contributed by atoms with van der Waals surface area (Å²) in [5, 5.41) is 8.20. The highest BCUT2D eigenvalue weighted by Crippen LogP contribution is 2.32. The Labute approximate surface area is 161 Å². The van der Waals surface area contributed by atoms with Crippen LogP contribution in [0, 0.1) is 6.92 Å². The number of nitrogens with one attached hydrogen (secondary N) is 2. The van der Waals surface area contributed by atoms with Gasteiger partial charge in [-0.15, -0.1) is 0 Å². The molecule has 0 spiro atoms. The first-order valence-corrected chi connectivity index (χ1v) is 8.58. The molecule has 2 N–H and O–H groups in total. The summed E-state index contributed by atoms with van der Waals surface area (Å²) in [5.41, 5.74) is 5.33. The number of nitrogens with zero attached hydrogens (tertiary/aromatic N) is 2. The number of aromatic nitrogens is 2. The third-order valence-electron chi connectivity index (χ3n) is 3.84. The number of H-pyrrole nitrogens is 1. The van der Waals surface area contributed by atoms with E-state index in [0.717, 1.165) is 32.9 Å². The number of aromatic amines is 1. The van der Waals surface area contributed by atoms with E-state index in [2.05, 4.69) is 31.6 Å². The number of hydrogen-bond donors (Lipinski definition) is 2. The topological polar surface area (TPSA) is 61.0 Å². The van der Waals surface area contributed by atoms with E-state index in [4.69, 9.17) is 0 Å². The Morgan fingerprint density at radius 3 is 2.44 bits per heavy atom. The second kappa shape index (κ2) is 7.43. The van der Waals surface area contributed by atoms with E-state index < -0.39 is 11.7 Å². The molecule has 1 aromatic heterocycles. The number of carbonyl (C=O) groups excluding carboxylic acids is 1. The molecular weight excluding hydrogens is 425 g/mol. The minimum Gasteiger partial charge on any atom is -0.292 e. The third kappa shape index (κ3) is 4.13. The first-order valence-electron chi connectivity index (χ1n) is 7.79. The molecule has 1 heterocycles. The van der Waals surface area contributed by atoms with Gasteiger partial charge in [0.2, 0.25) is 6.41 Å². The number of aryl methyl sites for hydroxylation is 1. The zero-order chi connectivity index (χ0) is 19.6. The number of carbonyl (C=O) groups is 1. The van der Waals surface area contributed by atoms with Crippen molar-refractivity contribution in [2.45, 2.75) is 13.1 Å². The van der Waals surface area contributed by atoms with Gasteiger partial charge in [-0.2, -0.15) is 18.3 Å². The molecule has 27 heavy (non-hydrogen) atoms. The lowest BCUT2D eigenvalue weighted by atomic mass is 10.1. The second-order valence-corrected chi connectivity index (χ2v) is 6.52. The van der Waals surface area contributed by atoms with Crippen molar-refractivity contribution in [2.75, 3.05) is 10.4 Å². The molecule has 0 bridgehead atoms. The molecule has 5 nitrogen and oxygen atoms in total. The molecule has 0 fully saturated rings. The van der Waals surface area contributed by atoms with Crippen LogP contribution in [0.15, 0.2) is 53.0 Å². The van der Waals surface area contributed by atoms with Crippen LogP contribution in [-0.2, 0) is 11.0 Å². The summed E-state index contributed by atoms with van der Waals surface area (Å²) in [6, 6.07) is 11.4. The van der Waals surface area contributed by atoms with E-state index in [-0.39, 0.29) is 5.69 Å². The molecule has 3 rings (SSSR count). The maximum absolute atomic E-state index is 12.7. The Bertz CT molecular complexity index is 954. The molecular formula is C18H14BrF3N4O. The van der Waals surface area contributed by atoms with Crippen molar-refractivity contribution in [3.8, 4) is 11.3 Å². The zero-order valence-electron chi connectivity index (χ0n) is 14.0. The van der Waals surface area contributed by atoms with Gasteiger partial charge >= 0.3 is 6.18 Å². The Morgan fingerprint density at radius 1 is 1.19 bits per heavy atom. The first kappa shape index (κ1) is 19.0.